The molecular weight excluding hydrogens is 242 g/mol. The number of hydrogen-bond donors (Lipinski definition) is 1. The fourth-order valence-electron chi connectivity index (χ4n) is 0.418. The molecule has 0 aromatic heterocycles. The van der Waals surface area contributed by atoms with Crippen LogP contribution in [0.25, 0.3) is 0 Å². The summed E-state index contributed by atoms with van der Waals surface area (Å²) >= 11 is 0. The third-order valence-corrected chi connectivity index (χ3v) is 2.15. The Morgan fingerprint density at radius 3 is 1.36 bits per heavy atom. The first-order valence-corrected chi connectivity index (χ1v) is 4.29. The molecule has 0 saturated carbocycles. The first-order valence-electron chi connectivity index (χ1n) is 2.85. The minimum absolute atomic E-state index is 0.591. The normalized spacial score (nSPS) is 15.7. The van der Waals surface area contributed by atoms with Gasteiger partial charge in [0.25, 0.3) is 0 Å². The molecule has 0 aliphatic rings. The third-order valence-electron chi connectivity index (χ3n) is 1.24. The van der Waals surface area contributed by atoms with Crippen molar-refractivity contribution in [2.45, 2.75) is 24.0 Å². The van der Waals surface area contributed by atoms with Crippen molar-refractivity contribution in [3.63, 3.8) is 0 Å². The van der Waals surface area contributed by atoms with Crippen LogP contribution in [0.3, 0.4) is 0 Å². The van der Waals surface area contributed by atoms with Crippen LogP contribution >= 0.6 is 0 Å². The Morgan fingerprint density at radius 2 is 1.29 bits per heavy atom. The molecule has 0 aromatic rings. The SMILES string of the molecule is CC(F)(F)C(F)(F)C(F)(F)S(=O)(=O)O. The lowest BCUT2D eigenvalue weighted by Gasteiger charge is -2.28. The molecule has 0 aromatic carbocycles. The predicted octanol–water partition coefficient (Wildman–Crippen LogP) is 1.76. The molecule has 0 bridgehead atoms. The lowest BCUT2D eigenvalue weighted by Crippen LogP contribution is -2.56. The van der Waals surface area contributed by atoms with Crippen LogP contribution in [-0.2, 0) is 10.1 Å². The van der Waals surface area contributed by atoms with Crippen LogP contribution in [-0.4, -0.2) is 30.1 Å². The molecule has 0 heterocycles. The molecule has 1 N–H and O–H groups in total. The summed E-state index contributed by atoms with van der Waals surface area (Å²) in [5.74, 6) is -11.5. The van der Waals surface area contributed by atoms with Crippen LogP contribution in [0.4, 0.5) is 26.3 Å². The average molecular weight is 246 g/mol. The van der Waals surface area contributed by atoms with Crippen LogP contribution in [0.5, 0.6) is 0 Å². The van der Waals surface area contributed by atoms with E-state index in [0.717, 1.165) is 0 Å². The van der Waals surface area contributed by atoms with Gasteiger partial charge in [0.1, 0.15) is 0 Å². The molecule has 0 atom stereocenters. The second kappa shape index (κ2) is 2.99. The van der Waals surface area contributed by atoms with Crippen LogP contribution in [0.1, 0.15) is 6.92 Å². The summed E-state index contributed by atoms with van der Waals surface area (Å²) < 4.78 is 99.6. The highest BCUT2D eigenvalue weighted by molar-refractivity contribution is 7.87. The van der Waals surface area contributed by atoms with Gasteiger partial charge in [-0.25, -0.2) is 0 Å². The highest BCUT2D eigenvalue weighted by atomic mass is 32.2. The van der Waals surface area contributed by atoms with Gasteiger partial charge in [-0.3, -0.25) is 4.55 Å². The van der Waals surface area contributed by atoms with Gasteiger partial charge >= 0.3 is 27.2 Å². The summed E-state index contributed by atoms with van der Waals surface area (Å²) in [7, 11) is -6.61. The fourth-order valence-corrected chi connectivity index (χ4v) is 0.921. The largest absolute Gasteiger partial charge is 0.437 e. The summed E-state index contributed by atoms with van der Waals surface area (Å²) in [6, 6.07) is 0. The topological polar surface area (TPSA) is 54.4 Å². The van der Waals surface area contributed by atoms with E-state index in [1.54, 1.807) is 0 Å². The van der Waals surface area contributed by atoms with Gasteiger partial charge in [-0.15, -0.1) is 0 Å². The molecule has 0 aliphatic carbocycles. The molecule has 0 unspecified atom stereocenters. The van der Waals surface area contributed by atoms with Crippen molar-refractivity contribution >= 4 is 10.1 Å². The van der Waals surface area contributed by atoms with Crippen molar-refractivity contribution in [1.29, 1.82) is 0 Å². The highest BCUT2D eigenvalue weighted by Crippen LogP contribution is 2.47. The summed E-state index contributed by atoms with van der Waals surface area (Å²) in [6.45, 7) is -0.591. The minimum atomic E-state index is -6.61. The standard InChI is InChI=1S/C4H4F6O3S/c1-2(5,6)3(7,8)4(9,10)14(11,12)13/h1H3,(H,11,12,13). The Hall–Kier alpha value is -0.510. The van der Waals surface area contributed by atoms with E-state index in [9.17, 15) is 34.8 Å². The van der Waals surface area contributed by atoms with E-state index < -0.39 is 34.1 Å². The number of alkyl halides is 6. The number of halogens is 6. The van der Waals surface area contributed by atoms with E-state index in [1.807, 2.05) is 0 Å². The van der Waals surface area contributed by atoms with E-state index >= 15 is 0 Å². The zero-order chi connectivity index (χ0) is 12.0. The molecule has 0 spiro atoms. The maximum atomic E-state index is 12.2. The van der Waals surface area contributed by atoms with Gasteiger partial charge < -0.3 is 0 Å². The molecule has 0 aliphatic heterocycles. The summed E-state index contributed by atoms with van der Waals surface area (Å²) in [5, 5.41) is -6.24. The molecule has 0 amide bonds. The summed E-state index contributed by atoms with van der Waals surface area (Å²) in [6.07, 6.45) is 0. The van der Waals surface area contributed by atoms with Gasteiger partial charge in [-0.2, -0.15) is 34.8 Å². The Labute approximate surface area is 74.5 Å². The van der Waals surface area contributed by atoms with Gasteiger partial charge in [0, 0.05) is 6.92 Å². The first kappa shape index (κ1) is 13.5. The van der Waals surface area contributed by atoms with Crippen LogP contribution in [0.15, 0.2) is 0 Å². The van der Waals surface area contributed by atoms with Crippen LogP contribution in [0.2, 0.25) is 0 Å². The van der Waals surface area contributed by atoms with E-state index in [0.29, 0.717) is 0 Å². The van der Waals surface area contributed by atoms with Gasteiger partial charge in [-0.1, -0.05) is 0 Å². The summed E-state index contributed by atoms with van der Waals surface area (Å²) in [5.41, 5.74) is 0. The second-order valence-corrected chi connectivity index (χ2v) is 3.92. The molecule has 10 heteroatoms. The zero-order valence-electron chi connectivity index (χ0n) is 6.44. The molecule has 3 nitrogen and oxygen atoms in total. The monoisotopic (exact) mass is 246 g/mol. The molecule has 86 valence electrons. The van der Waals surface area contributed by atoms with Gasteiger partial charge in [0.2, 0.25) is 0 Å². The Morgan fingerprint density at radius 1 is 1.00 bits per heavy atom. The second-order valence-electron chi connectivity index (χ2n) is 2.45. The van der Waals surface area contributed by atoms with E-state index in [4.69, 9.17) is 4.55 Å². The first-order chi connectivity index (χ1) is 5.75. The summed E-state index contributed by atoms with van der Waals surface area (Å²) in [4.78, 5) is 0. The van der Waals surface area contributed by atoms with Crippen LogP contribution < -0.4 is 0 Å². The maximum Gasteiger partial charge on any atom is 0.437 e. The number of rotatable bonds is 3. The van der Waals surface area contributed by atoms with Crippen molar-refractivity contribution in [2.75, 3.05) is 0 Å². The molecule has 0 rings (SSSR count). The van der Waals surface area contributed by atoms with Crippen molar-refractivity contribution < 1.29 is 39.3 Å². The van der Waals surface area contributed by atoms with Gasteiger partial charge in [0.15, 0.2) is 0 Å². The quantitative estimate of drug-likeness (QED) is 0.609. The molecular formula is C4H4F6O3S. The minimum Gasteiger partial charge on any atom is -0.281 e. The lowest BCUT2D eigenvalue weighted by molar-refractivity contribution is -0.273. The van der Waals surface area contributed by atoms with Crippen molar-refractivity contribution in [3.8, 4) is 0 Å². The van der Waals surface area contributed by atoms with Gasteiger partial charge in [-0.05, 0) is 0 Å². The molecule has 14 heavy (non-hydrogen) atoms. The fraction of sp³-hybridized carbons (Fsp3) is 1.00. The van der Waals surface area contributed by atoms with E-state index in [2.05, 4.69) is 0 Å². The maximum absolute atomic E-state index is 12.2. The van der Waals surface area contributed by atoms with Crippen LogP contribution in [0, 0.1) is 0 Å². The zero-order valence-corrected chi connectivity index (χ0v) is 7.26. The Bertz CT molecular complexity index is 314. The lowest BCUT2D eigenvalue weighted by atomic mass is 10.2. The number of hydrogen-bond acceptors (Lipinski definition) is 2. The Kier molecular flexibility index (Phi) is 2.88. The predicted molar refractivity (Wildman–Crippen MR) is 32.1 cm³/mol. The van der Waals surface area contributed by atoms with Crippen molar-refractivity contribution in [3.05, 3.63) is 0 Å². The van der Waals surface area contributed by atoms with E-state index in [-0.39, 0.29) is 0 Å². The van der Waals surface area contributed by atoms with Crippen molar-refractivity contribution in [1.82, 2.24) is 0 Å². The molecule has 0 radical (unpaired) electrons. The van der Waals surface area contributed by atoms with Gasteiger partial charge in [0.05, 0.1) is 0 Å². The Balaban J connectivity index is 5.54. The third kappa shape index (κ3) is 1.80. The average Bonchev–Trinajstić information content (AvgIpc) is 1.81. The molecule has 0 fully saturated rings. The smallest absolute Gasteiger partial charge is 0.281 e. The van der Waals surface area contributed by atoms with E-state index in [1.165, 1.54) is 0 Å². The highest BCUT2D eigenvalue weighted by Gasteiger charge is 2.75. The molecule has 0 saturated heterocycles. The van der Waals surface area contributed by atoms with Crippen molar-refractivity contribution in [2.24, 2.45) is 0 Å².